The molecule has 5 nitrogen and oxygen atoms in total. The Kier molecular flexibility index (Phi) is 8.27. The molecule has 0 aromatic heterocycles. The van der Waals surface area contributed by atoms with Gasteiger partial charge in [0.05, 0.1) is 5.41 Å². The molecule has 1 amide bonds. The van der Waals surface area contributed by atoms with Crippen molar-refractivity contribution in [2.24, 2.45) is 5.41 Å². The number of esters is 1. The molecule has 3 aromatic rings. The first kappa shape index (κ1) is 27.7. The van der Waals surface area contributed by atoms with Crippen LogP contribution in [0.4, 0.5) is 10.5 Å². The minimum atomic E-state index is -0.583. The first-order valence-corrected chi connectivity index (χ1v) is 12.4. The van der Waals surface area contributed by atoms with Crippen LogP contribution in [0.2, 0.25) is 0 Å². The summed E-state index contributed by atoms with van der Waals surface area (Å²) in [7, 11) is 0. The molecule has 0 bridgehead atoms. The Morgan fingerprint density at radius 3 is 1.86 bits per heavy atom. The first-order valence-electron chi connectivity index (χ1n) is 12.4. The molecule has 0 atom stereocenters. The molecule has 0 saturated heterocycles. The Bertz CT molecular complexity index is 1290. The molecule has 3 aromatic carbocycles. The van der Waals surface area contributed by atoms with Crippen molar-refractivity contribution in [1.82, 2.24) is 0 Å². The summed E-state index contributed by atoms with van der Waals surface area (Å²) in [6, 6.07) is 23.6. The number of carbonyl (C=O) groups excluding carboxylic acids is 2. The lowest BCUT2D eigenvalue weighted by atomic mass is 9.90. The van der Waals surface area contributed by atoms with Gasteiger partial charge in [0.2, 0.25) is 0 Å². The normalized spacial score (nSPS) is 12.4. The van der Waals surface area contributed by atoms with E-state index in [1.54, 1.807) is 0 Å². The van der Waals surface area contributed by atoms with Gasteiger partial charge in [-0.1, -0.05) is 54.1 Å². The number of rotatable bonds is 5. The smallest absolute Gasteiger partial charge is 0.412 e. The molecule has 1 N–H and O–H groups in total. The lowest BCUT2D eigenvalue weighted by molar-refractivity contribution is -0.143. The standard InChI is InChI=1S/C32H37NO4/c1-21-12-14-23(15-13-21)28(24-16-18-27(19-17-24)36-29(34)31(3,4)5)22(2)25-10-9-11-26(20-25)33-30(35)37-32(6,7)8/h9-20H,1-8H3,(H,33,35)/b28-22+. The van der Waals surface area contributed by atoms with Crippen LogP contribution in [-0.2, 0) is 9.53 Å². The van der Waals surface area contributed by atoms with E-state index in [4.69, 9.17) is 9.47 Å². The number of carbonyl (C=O) groups is 2. The quantitative estimate of drug-likeness (QED) is 0.218. The topological polar surface area (TPSA) is 64.6 Å². The lowest BCUT2D eigenvalue weighted by Crippen LogP contribution is -2.27. The SMILES string of the molecule is C/C(=C(/c1ccc(C)cc1)c1ccc(OC(=O)C(C)(C)C)cc1)c1cccc(NC(=O)OC(C)(C)C)c1. The zero-order valence-corrected chi connectivity index (χ0v) is 23.1. The van der Waals surface area contributed by atoms with Crippen molar-refractivity contribution in [2.45, 2.75) is 61.0 Å². The Balaban J connectivity index is 2.01. The fourth-order valence-corrected chi connectivity index (χ4v) is 3.67. The third-order valence-electron chi connectivity index (χ3n) is 5.62. The maximum absolute atomic E-state index is 12.3. The highest BCUT2D eigenvalue weighted by Crippen LogP contribution is 2.34. The lowest BCUT2D eigenvalue weighted by Gasteiger charge is -2.20. The number of hydrogen-bond acceptors (Lipinski definition) is 4. The number of hydrogen-bond donors (Lipinski definition) is 1. The van der Waals surface area contributed by atoms with Gasteiger partial charge in [0.1, 0.15) is 11.4 Å². The number of nitrogens with one attached hydrogen (secondary N) is 1. The summed E-state index contributed by atoms with van der Waals surface area (Å²) < 4.78 is 11.0. The number of allylic oxidation sites excluding steroid dienone is 1. The van der Waals surface area contributed by atoms with Gasteiger partial charge in [0, 0.05) is 5.69 Å². The molecule has 0 aliphatic carbocycles. The molecule has 3 rings (SSSR count). The van der Waals surface area contributed by atoms with Crippen molar-refractivity contribution in [3.63, 3.8) is 0 Å². The Labute approximate surface area is 220 Å². The zero-order chi connectivity index (χ0) is 27.4. The van der Waals surface area contributed by atoms with Crippen LogP contribution >= 0.6 is 0 Å². The second-order valence-electron chi connectivity index (χ2n) is 11.2. The van der Waals surface area contributed by atoms with Gasteiger partial charge < -0.3 is 9.47 Å². The molecule has 0 heterocycles. The summed E-state index contributed by atoms with van der Waals surface area (Å²) in [5, 5.41) is 2.83. The molecule has 5 heteroatoms. The third kappa shape index (κ3) is 7.81. The summed E-state index contributed by atoms with van der Waals surface area (Å²) >= 11 is 0. The van der Waals surface area contributed by atoms with Crippen molar-refractivity contribution in [2.75, 3.05) is 5.32 Å². The summed E-state index contributed by atoms with van der Waals surface area (Å²) in [6.45, 7) is 15.1. The maximum atomic E-state index is 12.3. The molecule has 0 radical (unpaired) electrons. The summed E-state index contributed by atoms with van der Waals surface area (Å²) in [6.07, 6.45) is -0.495. The van der Waals surface area contributed by atoms with Gasteiger partial charge in [0.15, 0.2) is 0 Å². The van der Waals surface area contributed by atoms with Crippen molar-refractivity contribution >= 4 is 28.9 Å². The highest BCUT2D eigenvalue weighted by atomic mass is 16.6. The van der Waals surface area contributed by atoms with E-state index in [0.29, 0.717) is 11.4 Å². The van der Waals surface area contributed by atoms with E-state index < -0.39 is 17.1 Å². The fourth-order valence-electron chi connectivity index (χ4n) is 3.67. The predicted molar refractivity (Wildman–Crippen MR) is 151 cm³/mol. The molecule has 0 fully saturated rings. The maximum Gasteiger partial charge on any atom is 0.412 e. The van der Waals surface area contributed by atoms with Gasteiger partial charge in [0.25, 0.3) is 0 Å². The van der Waals surface area contributed by atoms with E-state index in [1.165, 1.54) is 5.56 Å². The number of amides is 1. The molecule has 0 saturated carbocycles. The van der Waals surface area contributed by atoms with E-state index in [-0.39, 0.29) is 5.97 Å². The monoisotopic (exact) mass is 499 g/mol. The van der Waals surface area contributed by atoms with Crippen molar-refractivity contribution in [3.05, 3.63) is 95.1 Å². The number of anilines is 1. The van der Waals surface area contributed by atoms with E-state index in [2.05, 4.69) is 43.4 Å². The van der Waals surface area contributed by atoms with Crippen LogP contribution in [0.15, 0.2) is 72.8 Å². The first-order chi connectivity index (χ1) is 17.2. The summed E-state index contributed by atoms with van der Waals surface area (Å²) in [5.41, 5.74) is 5.76. The average Bonchev–Trinajstić information content (AvgIpc) is 2.79. The molecular weight excluding hydrogens is 462 g/mol. The number of benzene rings is 3. The highest BCUT2D eigenvalue weighted by Gasteiger charge is 2.24. The van der Waals surface area contributed by atoms with Gasteiger partial charge in [-0.05, 0) is 107 Å². The van der Waals surface area contributed by atoms with Gasteiger partial charge in [-0.25, -0.2) is 4.79 Å². The Morgan fingerprint density at radius 1 is 0.757 bits per heavy atom. The van der Waals surface area contributed by atoms with Crippen molar-refractivity contribution < 1.29 is 19.1 Å². The summed E-state index contributed by atoms with van der Waals surface area (Å²) in [5.74, 6) is 0.230. The highest BCUT2D eigenvalue weighted by molar-refractivity contribution is 5.98. The molecule has 0 aliphatic rings. The predicted octanol–water partition coefficient (Wildman–Crippen LogP) is 8.27. The van der Waals surface area contributed by atoms with Gasteiger partial charge in [-0.3, -0.25) is 10.1 Å². The molecule has 0 spiro atoms. The summed E-state index contributed by atoms with van der Waals surface area (Å²) in [4.78, 5) is 24.6. The van der Waals surface area contributed by atoms with Gasteiger partial charge in [-0.2, -0.15) is 0 Å². The number of aryl methyl sites for hydroxylation is 1. The van der Waals surface area contributed by atoms with E-state index >= 15 is 0 Å². The second-order valence-corrected chi connectivity index (χ2v) is 11.2. The molecule has 0 unspecified atom stereocenters. The molecular formula is C32H37NO4. The van der Waals surface area contributed by atoms with Crippen LogP contribution in [0.1, 0.15) is 70.7 Å². The molecule has 194 valence electrons. The van der Waals surface area contributed by atoms with Crippen LogP contribution in [-0.4, -0.2) is 17.7 Å². The van der Waals surface area contributed by atoms with Crippen LogP contribution in [0.5, 0.6) is 5.75 Å². The zero-order valence-electron chi connectivity index (χ0n) is 23.1. The number of ether oxygens (including phenoxy) is 2. The van der Waals surface area contributed by atoms with E-state index in [0.717, 1.165) is 27.8 Å². The van der Waals surface area contributed by atoms with Crippen LogP contribution in [0, 0.1) is 12.3 Å². The molecule has 37 heavy (non-hydrogen) atoms. The minimum Gasteiger partial charge on any atom is -0.444 e. The van der Waals surface area contributed by atoms with E-state index in [9.17, 15) is 9.59 Å². The van der Waals surface area contributed by atoms with E-state index in [1.807, 2.05) is 90.1 Å². The largest absolute Gasteiger partial charge is 0.444 e. The van der Waals surface area contributed by atoms with Gasteiger partial charge >= 0.3 is 12.1 Å². The fraction of sp³-hybridized carbons (Fsp3) is 0.312. The Morgan fingerprint density at radius 2 is 1.32 bits per heavy atom. The minimum absolute atomic E-state index is 0.278. The Hall–Kier alpha value is -3.86. The van der Waals surface area contributed by atoms with Crippen molar-refractivity contribution in [3.8, 4) is 5.75 Å². The van der Waals surface area contributed by atoms with Crippen LogP contribution in [0.25, 0.3) is 11.1 Å². The van der Waals surface area contributed by atoms with Gasteiger partial charge in [-0.15, -0.1) is 0 Å². The van der Waals surface area contributed by atoms with Crippen LogP contribution in [0.3, 0.4) is 0 Å². The average molecular weight is 500 g/mol. The van der Waals surface area contributed by atoms with Crippen LogP contribution < -0.4 is 10.1 Å². The molecule has 0 aliphatic heterocycles. The second kappa shape index (κ2) is 11.0. The van der Waals surface area contributed by atoms with Crippen molar-refractivity contribution in [1.29, 1.82) is 0 Å². The third-order valence-corrected chi connectivity index (χ3v) is 5.62.